The fourth-order valence-corrected chi connectivity index (χ4v) is 1.46. The highest BCUT2D eigenvalue weighted by atomic mass is 16.3. The zero-order valence-corrected chi connectivity index (χ0v) is 10.6. The summed E-state index contributed by atoms with van der Waals surface area (Å²) in [5.41, 5.74) is 0.969. The van der Waals surface area contributed by atoms with E-state index in [-0.39, 0.29) is 17.7 Å². The smallest absolute Gasteiger partial charge is 0.236 e. The molecule has 0 saturated carbocycles. The van der Waals surface area contributed by atoms with E-state index in [0.717, 1.165) is 5.56 Å². The molecule has 0 fully saturated rings. The zero-order chi connectivity index (χ0) is 12.8. The molecule has 1 rings (SSSR count). The number of nitrogens with zero attached hydrogens (tertiary/aromatic N) is 1. The first-order chi connectivity index (χ1) is 8.04. The molecule has 0 spiro atoms. The Bertz CT molecular complexity index is 379. The molecular weight excluding hydrogens is 216 g/mol. The molecule has 17 heavy (non-hydrogen) atoms. The lowest BCUT2D eigenvalue weighted by Gasteiger charge is -2.18. The average Bonchev–Trinajstić information content (AvgIpc) is 2.34. The minimum absolute atomic E-state index is 0.0382. The SMILES string of the molecule is CCN(C)C(=O)CNC(C)c1cccc(O)c1. The second-order valence-electron chi connectivity index (χ2n) is 4.11. The van der Waals surface area contributed by atoms with Crippen LogP contribution >= 0.6 is 0 Å². The van der Waals surface area contributed by atoms with E-state index in [4.69, 9.17) is 0 Å². The van der Waals surface area contributed by atoms with Crippen molar-refractivity contribution in [3.05, 3.63) is 29.8 Å². The van der Waals surface area contributed by atoms with Crippen molar-refractivity contribution in [3.63, 3.8) is 0 Å². The van der Waals surface area contributed by atoms with E-state index >= 15 is 0 Å². The van der Waals surface area contributed by atoms with E-state index in [1.165, 1.54) is 0 Å². The van der Waals surface area contributed by atoms with Crippen molar-refractivity contribution in [1.29, 1.82) is 0 Å². The van der Waals surface area contributed by atoms with Gasteiger partial charge in [0, 0.05) is 19.6 Å². The number of carbonyl (C=O) groups excluding carboxylic acids is 1. The first-order valence-electron chi connectivity index (χ1n) is 5.81. The Morgan fingerprint density at radius 1 is 1.53 bits per heavy atom. The van der Waals surface area contributed by atoms with Gasteiger partial charge in [-0.25, -0.2) is 0 Å². The summed E-state index contributed by atoms with van der Waals surface area (Å²) < 4.78 is 0. The molecule has 1 aromatic rings. The number of hydrogen-bond donors (Lipinski definition) is 2. The van der Waals surface area contributed by atoms with E-state index in [9.17, 15) is 9.90 Å². The Morgan fingerprint density at radius 2 is 2.24 bits per heavy atom. The van der Waals surface area contributed by atoms with Gasteiger partial charge in [-0.15, -0.1) is 0 Å². The minimum atomic E-state index is 0.0382. The van der Waals surface area contributed by atoms with Gasteiger partial charge >= 0.3 is 0 Å². The van der Waals surface area contributed by atoms with Crippen molar-refractivity contribution in [2.24, 2.45) is 0 Å². The molecule has 0 aliphatic rings. The molecule has 4 heteroatoms. The summed E-state index contributed by atoms with van der Waals surface area (Å²) >= 11 is 0. The third-order valence-electron chi connectivity index (χ3n) is 2.83. The van der Waals surface area contributed by atoms with Crippen molar-refractivity contribution >= 4 is 5.91 Å². The minimum Gasteiger partial charge on any atom is -0.508 e. The summed E-state index contributed by atoms with van der Waals surface area (Å²) in [6.07, 6.45) is 0. The van der Waals surface area contributed by atoms with E-state index in [1.807, 2.05) is 19.9 Å². The second-order valence-corrected chi connectivity index (χ2v) is 4.11. The molecule has 0 saturated heterocycles. The average molecular weight is 236 g/mol. The molecule has 0 aromatic heterocycles. The van der Waals surface area contributed by atoms with Crippen LogP contribution in [0.25, 0.3) is 0 Å². The number of likely N-dealkylation sites (N-methyl/N-ethyl adjacent to an activating group) is 1. The molecule has 1 atom stereocenters. The quantitative estimate of drug-likeness (QED) is 0.815. The standard InChI is InChI=1S/C13H20N2O2/c1-4-15(3)13(17)9-14-10(2)11-6-5-7-12(16)8-11/h5-8,10,14,16H,4,9H2,1-3H3. The monoisotopic (exact) mass is 236 g/mol. The van der Waals surface area contributed by atoms with Gasteiger partial charge in [0.05, 0.1) is 6.54 Å². The summed E-state index contributed by atoms with van der Waals surface area (Å²) in [5.74, 6) is 0.313. The number of rotatable bonds is 5. The molecule has 0 radical (unpaired) electrons. The van der Waals surface area contributed by atoms with Crippen molar-refractivity contribution < 1.29 is 9.90 Å². The molecule has 2 N–H and O–H groups in total. The normalized spacial score (nSPS) is 12.2. The highest BCUT2D eigenvalue weighted by Gasteiger charge is 2.10. The van der Waals surface area contributed by atoms with Crippen LogP contribution in [0, 0.1) is 0 Å². The van der Waals surface area contributed by atoms with Gasteiger partial charge in [-0.3, -0.25) is 4.79 Å². The van der Waals surface area contributed by atoms with Crippen LogP contribution < -0.4 is 5.32 Å². The Balaban J connectivity index is 2.50. The Hall–Kier alpha value is -1.55. The van der Waals surface area contributed by atoms with Crippen LogP contribution in [0.1, 0.15) is 25.5 Å². The van der Waals surface area contributed by atoms with Gasteiger partial charge in [0.1, 0.15) is 5.75 Å². The van der Waals surface area contributed by atoms with Gasteiger partial charge < -0.3 is 15.3 Å². The molecule has 94 valence electrons. The molecule has 0 heterocycles. The fraction of sp³-hybridized carbons (Fsp3) is 0.462. The largest absolute Gasteiger partial charge is 0.508 e. The number of phenolic OH excluding ortho intramolecular Hbond substituents is 1. The van der Waals surface area contributed by atoms with Crippen LogP contribution in [0.15, 0.2) is 24.3 Å². The van der Waals surface area contributed by atoms with E-state index in [0.29, 0.717) is 13.1 Å². The molecule has 1 aromatic carbocycles. The van der Waals surface area contributed by atoms with Crippen LogP contribution in [-0.2, 0) is 4.79 Å². The van der Waals surface area contributed by atoms with Gasteiger partial charge in [-0.05, 0) is 31.5 Å². The summed E-state index contributed by atoms with van der Waals surface area (Å²) in [7, 11) is 1.78. The highest BCUT2D eigenvalue weighted by molar-refractivity contribution is 5.77. The van der Waals surface area contributed by atoms with Gasteiger partial charge in [0.25, 0.3) is 0 Å². The Morgan fingerprint density at radius 3 is 2.82 bits per heavy atom. The zero-order valence-electron chi connectivity index (χ0n) is 10.6. The van der Waals surface area contributed by atoms with Gasteiger partial charge in [0.2, 0.25) is 5.91 Å². The number of carbonyl (C=O) groups is 1. The Kier molecular flexibility index (Phi) is 4.97. The molecule has 1 unspecified atom stereocenters. The third kappa shape index (κ3) is 4.07. The second kappa shape index (κ2) is 6.25. The predicted molar refractivity (Wildman–Crippen MR) is 67.8 cm³/mol. The number of hydrogen-bond acceptors (Lipinski definition) is 3. The molecule has 1 amide bonds. The lowest BCUT2D eigenvalue weighted by molar-refractivity contribution is -0.128. The van der Waals surface area contributed by atoms with Gasteiger partial charge in [0.15, 0.2) is 0 Å². The van der Waals surface area contributed by atoms with Crippen LogP contribution in [0.5, 0.6) is 5.75 Å². The van der Waals surface area contributed by atoms with E-state index in [1.54, 1.807) is 30.1 Å². The van der Waals surface area contributed by atoms with Gasteiger partial charge in [-0.2, -0.15) is 0 Å². The number of nitrogens with one attached hydrogen (secondary N) is 1. The maximum absolute atomic E-state index is 11.6. The number of phenols is 1. The lowest BCUT2D eigenvalue weighted by Crippen LogP contribution is -2.36. The van der Waals surface area contributed by atoms with Crippen molar-refractivity contribution in [2.45, 2.75) is 19.9 Å². The number of amides is 1. The summed E-state index contributed by atoms with van der Waals surface area (Å²) in [6.45, 7) is 4.92. The van der Waals surface area contributed by atoms with Crippen molar-refractivity contribution in [3.8, 4) is 5.75 Å². The van der Waals surface area contributed by atoms with Crippen molar-refractivity contribution in [1.82, 2.24) is 10.2 Å². The first-order valence-corrected chi connectivity index (χ1v) is 5.81. The summed E-state index contributed by atoms with van der Waals surface area (Å²) in [5, 5.41) is 12.5. The van der Waals surface area contributed by atoms with Gasteiger partial charge in [-0.1, -0.05) is 12.1 Å². The molecule has 0 aliphatic heterocycles. The van der Waals surface area contributed by atoms with E-state index in [2.05, 4.69) is 5.32 Å². The maximum atomic E-state index is 11.6. The summed E-state index contributed by atoms with van der Waals surface area (Å²) in [6, 6.07) is 7.09. The molecule has 0 aliphatic carbocycles. The maximum Gasteiger partial charge on any atom is 0.236 e. The van der Waals surface area contributed by atoms with Crippen LogP contribution in [0.3, 0.4) is 0 Å². The topological polar surface area (TPSA) is 52.6 Å². The summed E-state index contributed by atoms with van der Waals surface area (Å²) in [4.78, 5) is 13.3. The van der Waals surface area contributed by atoms with Crippen molar-refractivity contribution in [2.75, 3.05) is 20.1 Å². The predicted octanol–water partition coefficient (Wildman–Crippen LogP) is 1.52. The molecular formula is C13H20N2O2. The first kappa shape index (κ1) is 13.5. The third-order valence-corrected chi connectivity index (χ3v) is 2.83. The molecule has 4 nitrogen and oxygen atoms in total. The lowest BCUT2D eigenvalue weighted by atomic mass is 10.1. The fourth-order valence-electron chi connectivity index (χ4n) is 1.46. The van der Waals surface area contributed by atoms with Crippen LogP contribution in [-0.4, -0.2) is 36.1 Å². The highest BCUT2D eigenvalue weighted by Crippen LogP contribution is 2.17. The number of aromatic hydroxyl groups is 1. The Labute approximate surface area is 102 Å². The van der Waals surface area contributed by atoms with Crippen LogP contribution in [0.2, 0.25) is 0 Å². The van der Waals surface area contributed by atoms with E-state index < -0.39 is 0 Å². The van der Waals surface area contributed by atoms with Crippen LogP contribution in [0.4, 0.5) is 0 Å². The number of benzene rings is 1. The molecule has 0 bridgehead atoms.